The SMILES string of the molecule is c1ccc(-c2ccc3c(c2)c2c(c4ccccc43)-c3ccc(-c4c5ccccc5c(-c5ccc6oc7ccccc7c6c5)c5ccccc45)cc3C23C2CC4CC(C2)CC3C4)cc1. The maximum Gasteiger partial charge on any atom is 0.135 e. The van der Waals surface area contributed by atoms with Crippen LogP contribution in [0.15, 0.2) is 186 Å². The summed E-state index contributed by atoms with van der Waals surface area (Å²) in [5.41, 5.74) is 15.8. The number of para-hydroxylation sites is 1. The Morgan fingerprint density at radius 3 is 1.49 bits per heavy atom. The molecule has 11 aromatic rings. The number of rotatable bonds is 3. The van der Waals surface area contributed by atoms with Crippen LogP contribution in [0.1, 0.15) is 43.2 Å². The average Bonchev–Trinajstić information content (AvgIpc) is 3.86. The van der Waals surface area contributed by atoms with E-state index in [1.54, 1.807) is 11.1 Å². The molecule has 0 saturated heterocycles. The molecule has 16 rings (SSSR count). The lowest BCUT2D eigenvalue weighted by Crippen LogP contribution is -2.55. The van der Waals surface area contributed by atoms with E-state index < -0.39 is 0 Å². The minimum Gasteiger partial charge on any atom is -0.456 e. The van der Waals surface area contributed by atoms with Crippen molar-refractivity contribution in [3.63, 3.8) is 0 Å². The van der Waals surface area contributed by atoms with Crippen molar-refractivity contribution in [2.45, 2.75) is 37.5 Å². The lowest BCUT2D eigenvalue weighted by molar-refractivity contribution is -0.0393. The standard InChI is InChI=1S/C62H44O/c1-2-12-38(13-3-1)39-22-25-45-44-14-4-5-16-47(44)60-52-26-23-41(35-55(52)62(61(60)54(45)33-39)42-29-36-28-37(31-42)32-43(62)30-36)59-50-19-8-6-17-48(50)58(49-18-7-9-20-51(49)59)40-24-27-57-53(34-40)46-15-10-11-21-56(46)63-57/h1-27,33-37,42-43H,28-32H2. The third-order valence-corrected chi connectivity index (χ3v) is 16.6. The average molecular weight is 805 g/mol. The first kappa shape index (κ1) is 34.6. The monoisotopic (exact) mass is 804 g/mol. The first-order valence-corrected chi connectivity index (χ1v) is 23.3. The molecule has 1 heteroatoms. The van der Waals surface area contributed by atoms with Crippen LogP contribution in [0.3, 0.4) is 0 Å². The minimum absolute atomic E-state index is 0.0278. The van der Waals surface area contributed by atoms with E-state index in [1.807, 2.05) is 0 Å². The molecule has 0 radical (unpaired) electrons. The first-order valence-electron chi connectivity index (χ1n) is 23.3. The molecule has 1 spiro atoms. The van der Waals surface area contributed by atoms with Gasteiger partial charge in [0.2, 0.25) is 0 Å². The molecule has 298 valence electrons. The highest BCUT2D eigenvalue weighted by molar-refractivity contribution is 6.23. The number of benzene rings is 10. The molecule has 1 heterocycles. The van der Waals surface area contributed by atoms with Crippen molar-refractivity contribution < 1.29 is 4.42 Å². The van der Waals surface area contributed by atoms with Gasteiger partial charge in [0, 0.05) is 16.2 Å². The minimum atomic E-state index is -0.0278. The highest BCUT2D eigenvalue weighted by Gasteiger charge is 2.62. The van der Waals surface area contributed by atoms with E-state index in [0.717, 1.165) is 33.8 Å². The molecule has 5 aliphatic carbocycles. The van der Waals surface area contributed by atoms with Crippen LogP contribution in [0.2, 0.25) is 0 Å². The van der Waals surface area contributed by atoms with Gasteiger partial charge in [0.05, 0.1) is 0 Å². The molecule has 1 nitrogen and oxygen atoms in total. The van der Waals surface area contributed by atoms with Crippen LogP contribution in [0, 0.1) is 23.7 Å². The number of hydrogen-bond acceptors (Lipinski definition) is 1. The molecule has 4 saturated carbocycles. The Balaban J connectivity index is 1.02. The Morgan fingerprint density at radius 1 is 0.333 bits per heavy atom. The van der Waals surface area contributed by atoms with Crippen molar-refractivity contribution in [2.24, 2.45) is 23.7 Å². The summed E-state index contributed by atoms with van der Waals surface area (Å²) in [6.45, 7) is 0. The number of furan rings is 1. The molecule has 4 fully saturated rings. The van der Waals surface area contributed by atoms with Gasteiger partial charge in [-0.15, -0.1) is 0 Å². The van der Waals surface area contributed by atoms with Gasteiger partial charge in [-0.05, 0) is 185 Å². The summed E-state index contributed by atoms with van der Waals surface area (Å²) < 4.78 is 6.31. The summed E-state index contributed by atoms with van der Waals surface area (Å²) in [4.78, 5) is 0. The third-order valence-electron chi connectivity index (χ3n) is 16.6. The van der Waals surface area contributed by atoms with Crippen LogP contribution in [-0.2, 0) is 5.41 Å². The Labute approximate surface area is 366 Å². The summed E-state index contributed by atoms with van der Waals surface area (Å²) in [5.74, 6) is 3.00. The molecule has 0 N–H and O–H groups in total. The summed E-state index contributed by atoms with van der Waals surface area (Å²) in [6, 6.07) is 69.1. The topological polar surface area (TPSA) is 13.1 Å². The van der Waals surface area contributed by atoms with Crippen molar-refractivity contribution in [1.82, 2.24) is 0 Å². The summed E-state index contributed by atoms with van der Waals surface area (Å²) in [5, 5.41) is 13.2. The van der Waals surface area contributed by atoms with Crippen LogP contribution in [0.4, 0.5) is 0 Å². The van der Waals surface area contributed by atoms with Crippen LogP contribution in [0.5, 0.6) is 0 Å². The Kier molecular flexibility index (Phi) is 6.91. The van der Waals surface area contributed by atoms with E-state index in [9.17, 15) is 0 Å². The zero-order valence-corrected chi connectivity index (χ0v) is 35.1. The van der Waals surface area contributed by atoms with E-state index in [-0.39, 0.29) is 5.41 Å². The van der Waals surface area contributed by atoms with Crippen LogP contribution >= 0.6 is 0 Å². The smallest absolute Gasteiger partial charge is 0.135 e. The van der Waals surface area contributed by atoms with Crippen LogP contribution in [-0.4, -0.2) is 0 Å². The molecule has 0 atom stereocenters. The van der Waals surface area contributed by atoms with Gasteiger partial charge in [-0.25, -0.2) is 0 Å². The molecular weight excluding hydrogens is 761 g/mol. The lowest BCUT2D eigenvalue weighted by Gasteiger charge is -2.61. The zero-order valence-electron chi connectivity index (χ0n) is 35.1. The first-order chi connectivity index (χ1) is 31.2. The number of fused-ring (bicyclic) bond motifs is 13. The quantitative estimate of drug-likeness (QED) is 0.128. The van der Waals surface area contributed by atoms with Crippen molar-refractivity contribution in [2.75, 3.05) is 0 Å². The van der Waals surface area contributed by atoms with Gasteiger partial charge >= 0.3 is 0 Å². The van der Waals surface area contributed by atoms with E-state index in [2.05, 4.69) is 182 Å². The van der Waals surface area contributed by atoms with Gasteiger partial charge in [0.1, 0.15) is 11.2 Å². The second kappa shape index (κ2) is 12.6. The normalized spacial score (nSPS) is 22.0. The molecule has 1 aromatic heterocycles. The van der Waals surface area contributed by atoms with Gasteiger partial charge < -0.3 is 4.42 Å². The molecule has 4 bridgehead atoms. The predicted molar refractivity (Wildman–Crippen MR) is 263 cm³/mol. The second-order valence-electron chi connectivity index (χ2n) is 19.5. The summed E-state index contributed by atoms with van der Waals surface area (Å²) >= 11 is 0. The highest BCUT2D eigenvalue weighted by atomic mass is 16.3. The van der Waals surface area contributed by atoms with Crippen molar-refractivity contribution >= 4 is 65.0 Å². The second-order valence-corrected chi connectivity index (χ2v) is 19.5. The van der Waals surface area contributed by atoms with Crippen molar-refractivity contribution in [3.05, 3.63) is 193 Å². The fraction of sp³-hybridized carbons (Fsp3) is 0.161. The molecule has 5 aliphatic rings. The molecule has 0 unspecified atom stereocenters. The molecule has 0 amide bonds. The van der Waals surface area contributed by atoms with Gasteiger partial charge in [-0.2, -0.15) is 0 Å². The zero-order chi connectivity index (χ0) is 41.0. The largest absolute Gasteiger partial charge is 0.456 e. The Hall–Kier alpha value is -6.96. The van der Waals surface area contributed by atoms with E-state index in [0.29, 0.717) is 11.8 Å². The fourth-order valence-corrected chi connectivity index (χ4v) is 14.5. The predicted octanol–water partition coefficient (Wildman–Crippen LogP) is 16.9. The van der Waals surface area contributed by atoms with Crippen LogP contribution in [0.25, 0.3) is 110 Å². The Bertz CT molecular complexity index is 3670. The van der Waals surface area contributed by atoms with Crippen molar-refractivity contribution in [1.29, 1.82) is 0 Å². The fourth-order valence-electron chi connectivity index (χ4n) is 14.5. The lowest BCUT2D eigenvalue weighted by atomic mass is 9.43. The van der Waals surface area contributed by atoms with Gasteiger partial charge in [-0.1, -0.05) is 152 Å². The molecular formula is C62H44O. The third kappa shape index (κ3) is 4.57. The van der Waals surface area contributed by atoms with Gasteiger partial charge in [0.25, 0.3) is 0 Å². The molecule has 10 aromatic carbocycles. The summed E-state index contributed by atoms with van der Waals surface area (Å²) in [6.07, 6.45) is 6.83. The highest BCUT2D eigenvalue weighted by Crippen LogP contribution is 2.71. The Morgan fingerprint density at radius 2 is 0.825 bits per heavy atom. The van der Waals surface area contributed by atoms with Gasteiger partial charge in [-0.3, -0.25) is 0 Å². The molecule has 63 heavy (non-hydrogen) atoms. The van der Waals surface area contributed by atoms with Crippen LogP contribution < -0.4 is 0 Å². The van der Waals surface area contributed by atoms with E-state index >= 15 is 0 Å². The van der Waals surface area contributed by atoms with Crippen molar-refractivity contribution in [3.8, 4) is 44.5 Å². The maximum atomic E-state index is 6.31. The molecule has 0 aliphatic heterocycles. The maximum absolute atomic E-state index is 6.31. The van der Waals surface area contributed by atoms with E-state index in [1.165, 1.54) is 120 Å². The van der Waals surface area contributed by atoms with Gasteiger partial charge in [0.15, 0.2) is 0 Å². The number of hydrogen-bond donors (Lipinski definition) is 0. The summed E-state index contributed by atoms with van der Waals surface area (Å²) in [7, 11) is 0. The van der Waals surface area contributed by atoms with E-state index in [4.69, 9.17) is 4.42 Å².